The van der Waals surface area contributed by atoms with E-state index >= 15 is 0 Å². The molecule has 0 amide bonds. The number of nitrogens with two attached hydrogens (primary N) is 1. The second-order valence-corrected chi connectivity index (χ2v) is 4.99. The van der Waals surface area contributed by atoms with Gasteiger partial charge in [-0.05, 0) is 20.3 Å². The Morgan fingerprint density at radius 1 is 1.59 bits per heavy atom. The van der Waals surface area contributed by atoms with Gasteiger partial charge in [0.15, 0.2) is 0 Å². The van der Waals surface area contributed by atoms with Crippen molar-refractivity contribution in [2.24, 2.45) is 12.8 Å². The van der Waals surface area contributed by atoms with E-state index < -0.39 is 5.60 Å². The molecule has 2 rings (SSSR count). The van der Waals surface area contributed by atoms with Crippen LogP contribution in [-0.4, -0.2) is 39.4 Å². The molecule has 0 bridgehead atoms. The SMILES string of the molecule is Cc1nn(C)c(N2CCC(C)(O)C2)c1C(=N)N. The number of rotatable bonds is 2. The number of β-amino-alcohol motifs (C(OH)–C–C–N with tert-alkyl or cyclic N) is 1. The highest BCUT2D eigenvalue weighted by molar-refractivity contribution is 6.01. The van der Waals surface area contributed by atoms with Gasteiger partial charge in [0, 0.05) is 20.1 Å². The fourth-order valence-electron chi connectivity index (χ4n) is 2.45. The number of aliphatic hydroxyl groups is 1. The molecule has 0 aromatic carbocycles. The summed E-state index contributed by atoms with van der Waals surface area (Å²) in [6.07, 6.45) is 0.717. The zero-order valence-electron chi connectivity index (χ0n) is 10.5. The monoisotopic (exact) mass is 237 g/mol. The predicted octanol–water partition coefficient (Wildman–Crippen LogP) is -0.0263. The quantitative estimate of drug-likeness (QED) is 0.498. The number of anilines is 1. The van der Waals surface area contributed by atoms with Gasteiger partial charge in [0.05, 0.1) is 16.9 Å². The summed E-state index contributed by atoms with van der Waals surface area (Å²) in [6.45, 7) is 4.97. The minimum absolute atomic E-state index is 0.0251. The van der Waals surface area contributed by atoms with Crippen LogP contribution in [0.4, 0.5) is 5.82 Å². The molecule has 0 spiro atoms. The topological polar surface area (TPSA) is 91.2 Å². The fourth-order valence-corrected chi connectivity index (χ4v) is 2.45. The van der Waals surface area contributed by atoms with Gasteiger partial charge in [0.2, 0.25) is 0 Å². The summed E-state index contributed by atoms with van der Waals surface area (Å²) in [5.74, 6) is 0.852. The van der Waals surface area contributed by atoms with Gasteiger partial charge < -0.3 is 15.7 Å². The Hall–Kier alpha value is -1.56. The van der Waals surface area contributed by atoms with E-state index in [1.807, 2.05) is 25.8 Å². The van der Waals surface area contributed by atoms with Crippen molar-refractivity contribution in [3.8, 4) is 0 Å². The number of nitrogens with one attached hydrogen (secondary N) is 1. The van der Waals surface area contributed by atoms with Crippen LogP contribution in [0, 0.1) is 12.3 Å². The molecule has 1 atom stereocenters. The Balaban J connectivity index is 2.42. The third kappa shape index (κ3) is 2.00. The van der Waals surface area contributed by atoms with Gasteiger partial charge in [-0.25, -0.2) is 0 Å². The minimum Gasteiger partial charge on any atom is -0.388 e. The first-order valence-corrected chi connectivity index (χ1v) is 5.67. The molecule has 1 fully saturated rings. The van der Waals surface area contributed by atoms with Crippen LogP contribution < -0.4 is 10.6 Å². The molecule has 0 aliphatic carbocycles. The Morgan fingerprint density at radius 3 is 2.71 bits per heavy atom. The van der Waals surface area contributed by atoms with Crippen molar-refractivity contribution in [1.82, 2.24) is 9.78 Å². The molecule has 6 nitrogen and oxygen atoms in total. The highest BCUT2D eigenvalue weighted by Gasteiger charge is 2.34. The number of nitrogens with zero attached hydrogens (tertiary/aromatic N) is 3. The van der Waals surface area contributed by atoms with Crippen LogP contribution in [-0.2, 0) is 7.05 Å². The molecule has 1 aliphatic heterocycles. The first-order valence-electron chi connectivity index (χ1n) is 5.67. The van der Waals surface area contributed by atoms with E-state index in [2.05, 4.69) is 5.10 Å². The molecule has 6 heteroatoms. The predicted molar refractivity (Wildman–Crippen MR) is 66.4 cm³/mol. The maximum atomic E-state index is 10.00. The van der Waals surface area contributed by atoms with E-state index in [0.29, 0.717) is 18.5 Å². The normalized spacial score (nSPS) is 24.4. The smallest absolute Gasteiger partial charge is 0.137 e. The molecule has 1 saturated heterocycles. The number of hydrogen-bond acceptors (Lipinski definition) is 4. The molecule has 0 radical (unpaired) electrons. The Labute approximate surface area is 101 Å². The van der Waals surface area contributed by atoms with Crippen LogP contribution in [0.25, 0.3) is 0 Å². The van der Waals surface area contributed by atoms with Crippen LogP contribution in [0.5, 0.6) is 0 Å². The first-order chi connectivity index (χ1) is 7.82. The average Bonchev–Trinajstić information content (AvgIpc) is 2.66. The lowest BCUT2D eigenvalue weighted by molar-refractivity contribution is 0.0838. The zero-order chi connectivity index (χ0) is 12.8. The highest BCUT2D eigenvalue weighted by Crippen LogP contribution is 2.29. The van der Waals surface area contributed by atoms with Crippen molar-refractivity contribution < 1.29 is 5.11 Å². The number of amidine groups is 1. The molecule has 1 unspecified atom stereocenters. The molecule has 94 valence electrons. The maximum Gasteiger partial charge on any atom is 0.137 e. The second-order valence-electron chi connectivity index (χ2n) is 4.99. The van der Waals surface area contributed by atoms with Gasteiger partial charge >= 0.3 is 0 Å². The summed E-state index contributed by atoms with van der Waals surface area (Å²) in [5.41, 5.74) is 6.35. The number of nitrogen functional groups attached to an aromatic ring is 1. The van der Waals surface area contributed by atoms with Crippen LogP contribution in [0.15, 0.2) is 0 Å². The maximum absolute atomic E-state index is 10.00. The first kappa shape index (κ1) is 11.9. The Morgan fingerprint density at radius 2 is 2.24 bits per heavy atom. The highest BCUT2D eigenvalue weighted by atomic mass is 16.3. The van der Waals surface area contributed by atoms with Gasteiger partial charge in [0.25, 0.3) is 0 Å². The Bertz CT molecular complexity index is 463. The second kappa shape index (κ2) is 3.73. The molecule has 1 aromatic rings. The number of hydrogen-bond donors (Lipinski definition) is 3. The van der Waals surface area contributed by atoms with Crippen molar-refractivity contribution in [3.63, 3.8) is 0 Å². The van der Waals surface area contributed by atoms with Gasteiger partial charge in [0.1, 0.15) is 11.7 Å². The van der Waals surface area contributed by atoms with Crippen molar-refractivity contribution >= 4 is 11.7 Å². The molecule has 0 saturated carbocycles. The van der Waals surface area contributed by atoms with Gasteiger partial charge in [-0.2, -0.15) is 5.10 Å². The van der Waals surface area contributed by atoms with E-state index in [1.54, 1.807) is 4.68 Å². The summed E-state index contributed by atoms with van der Waals surface area (Å²) in [5, 5.41) is 21.9. The van der Waals surface area contributed by atoms with Crippen molar-refractivity contribution in [1.29, 1.82) is 5.41 Å². The van der Waals surface area contributed by atoms with E-state index in [-0.39, 0.29) is 5.84 Å². The van der Waals surface area contributed by atoms with Crippen LogP contribution in [0.2, 0.25) is 0 Å². The summed E-state index contributed by atoms with van der Waals surface area (Å²) in [6, 6.07) is 0. The largest absolute Gasteiger partial charge is 0.388 e. The molecule has 17 heavy (non-hydrogen) atoms. The number of aryl methyl sites for hydroxylation is 2. The standard InChI is InChI=1S/C11H19N5O/c1-7-8(9(12)13)10(15(3)14-7)16-5-4-11(2,17)6-16/h17H,4-6H2,1-3H3,(H3,12,13). The summed E-state index contributed by atoms with van der Waals surface area (Å²) in [7, 11) is 1.84. The van der Waals surface area contributed by atoms with Crippen molar-refractivity contribution in [3.05, 3.63) is 11.3 Å². The van der Waals surface area contributed by atoms with Crippen LogP contribution in [0.1, 0.15) is 24.6 Å². The molecule has 1 aromatic heterocycles. The lowest BCUT2D eigenvalue weighted by Crippen LogP contribution is -2.31. The lowest BCUT2D eigenvalue weighted by Gasteiger charge is -2.21. The summed E-state index contributed by atoms with van der Waals surface area (Å²) >= 11 is 0. The van der Waals surface area contributed by atoms with E-state index in [4.69, 9.17) is 11.1 Å². The number of aromatic nitrogens is 2. The molecule has 4 N–H and O–H groups in total. The Kier molecular flexibility index (Phi) is 2.61. The molecular formula is C11H19N5O. The van der Waals surface area contributed by atoms with Crippen LogP contribution >= 0.6 is 0 Å². The van der Waals surface area contributed by atoms with E-state index in [1.165, 1.54) is 0 Å². The van der Waals surface area contributed by atoms with Gasteiger partial charge in [-0.3, -0.25) is 10.1 Å². The summed E-state index contributed by atoms with van der Waals surface area (Å²) < 4.78 is 1.73. The third-order valence-corrected chi connectivity index (χ3v) is 3.21. The van der Waals surface area contributed by atoms with Gasteiger partial charge in [-0.15, -0.1) is 0 Å². The van der Waals surface area contributed by atoms with Crippen LogP contribution in [0.3, 0.4) is 0 Å². The van der Waals surface area contributed by atoms with Crippen molar-refractivity contribution in [2.45, 2.75) is 25.9 Å². The molecule has 2 heterocycles. The van der Waals surface area contributed by atoms with Crippen molar-refractivity contribution in [2.75, 3.05) is 18.0 Å². The fraction of sp³-hybridized carbons (Fsp3) is 0.636. The van der Waals surface area contributed by atoms with E-state index in [9.17, 15) is 5.11 Å². The molecular weight excluding hydrogens is 218 g/mol. The zero-order valence-corrected chi connectivity index (χ0v) is 10.5. The minimum atomic E-state index is -0.674. The van der Waals surface area contributed by atoms with Gasteiger partial charge in [-0.1, -0.05) is 0 Å². The average molecular weight is 237 g/mol. The third-order valence-electron chi connectivity index (χ3n) is 3.21. The molecule has 1 aliphatic rings. The summed E-state index contributed by atoms with van der Waals surface area (Å²) in [4.78, 5) is 2.04. The lowest BCUT2D eigenvalue weighted by atomic mass is 10.1. The van der Waals surface area contributed by atoms with E-state index in [0.717, 1.165) is 18.1 Å².